The lowest BCUT2D eigenvalue weighted by Gasteiger charge is -2.20. The molecule has 168 valence electrons. The zero-order valence-electron chi connectivity index (χ0n) is 18.5. The summed E-state index contributed by atoms with van der Waals surface area (Å²) in [6, 6.07) is 18.8. The average Bonchev–Trinajstić information content (AvgIpc) is 3.39. The first-order valence-corrected chi connectivity index (χ1v) is 10.9. The molecule has 2 heterocycles. The molecule has 0 unspecified atom stereocenters. The highest BCUT2D eigenvalue weighted by atomic mass is 16.5. The van der Waals surface area contributed by atoms with Crippen LogP contribution in [0.4, 0.5) is 11.4 Å². The highest BCUT2D eigenvalue weighted by molar-refractivity contribution is 6.09. The molecule has 1 aliphatic heterocycles. The highest BCUT2D eigenvalue weighted by Gasteiger charge is 2.36. The van der Waals surface area contributed by atoms with Gasteiger partial charge in [0, 0.05) is 29.8 Å². The Morgan fingerprint density at radius 2 is 1.85 bits per heavy atom. The molecule has 4 aromatic rings. The summed E-state index contributed by atoms with van der Waals surface area (Å²) < 4.78 is 17.1. The van der Waals surface area contributed by atoms with Crippen molar-refractivity contribution in [3.05, 3.63) is 60.7 Å². The van der Waals surface area contributed by atoms with E-state index in [9.17, 15) is 9.59 Å². The second-order valence-electron chi connectivity index (χ2n) is 7.94. The third-order valence-corrected chi connectivity index (χ3v) is 5.91. The standard InChI is InChI=1S/C26H24N2O5/c1-3-32-22-11-7-5-9-20(22)28-15-16(12-25(28)29)26(30)27-19-14-23-18(13-24(19)31-2)17-8-4-6-10-21(17)33-23/h4-11,13-14,16H,3,12,15H2,1-2H3,(H,27,30)/t16-/m0/s1. The number of para-hydroxylation sites is 3. The SMILES string of the molecule is CCOc1ccccc1N1C[C@@H](C(=O)Nc2cc3oc4ccccc4c3cc2OC)CC1=O. The van der Waals surface area contributed by atoms with Gasteiger partial charge in [0.25, 0.3) is 0 Å². The van der Waals surface area contributed by atoms with E-state index in [0.29, 0.717) is 35.1 Å². The Morgan fingerprint density at radius 1 is 1.06 bits per heavy atom. The molecule has 7 heteroatoms. The van der Waals surface area contributed by atoms with Gasteiger partial charge in [0.15, 0.2) is 0 Å². The van der Waals surface area contributed by atoms with Gasteiger partial charge in [-0.1, -0.05) is 30.3 Å². The van der Waals surface area contributed by atoms with Crippen molar-refractivity contribution in [1.82, 2.24) is 0 Å². The first kappa shape index (κ1) is 20.9. The van der Waals surface area contributed by atoms with E-state index in [1.807, 2.05) is 61.5 Å². The molecule has 33 heavy (non-hydrogen) atoms. The second-order valence-corrected chi connectivity index (χ2v) is 7.94. The van der Waals surface area contributed by atoms with Gasteiger partial charge < -0.3 is 24.1 Å². The number of hydrogen-bond donors (Lipinski definition) is 1. The van der Waals surface area contributed by atoms with Gasteiger partial charge in [-0.15, -0.1) is 0 Å². The summed E-state index contributed by atoms with van der Waals surface area (Å²) in [6.07, 6.45) is 0.126. The van der Waals surface area contributed by atoms with Crippen molar-refractivity contribution in [1.29, 1.82) is 0 Å². The Morgan fingerprint density at radius 3 is 2.67 bits per heavy atom. The molecule has 0 aliphatic carbocycles. The molecule has 1 N–H and O–H groups in total. The Kier molecular flexibility index (Phi) is 5.38. The quantitative estimate of drug-likeness (QED) is 0.453. The number of amides is 2. The molecule has 1 aliphatic rings. The molecular weight excluding hydrogens is 420 g/mol. The number of nitrogens with zero attached hydrogens (tertiary/aromatic N) is 1. The van der Waals surface area contributed by atoms with E-state index in [4.69, 9.17) is 13.9 Å². The fourth-order valence-corrected chi connectivity index (χ4v) is 4.33. The topological polar surface area (TPSA) is 81.0 Å². The van der Waals surface area contributed by atoms with Crippen LogP contribution in [0.2, 0.25) is 0 Å². The third kappa shape index (κ3) is 3.75. The maximum Gasteiger partial charge on any atom is 0.229 e. The number of carbonyl (C=O) groups excluding carboxylic acids is 2. The summed E-state index contributed by atoms with van der Waals surface area (Å²) in [4.78, 5) is 27.5. The van der Waals surface area contributed by atoms with E-state index >= 15 is 0 Å². The summed E-state index contributed by atoms with van der Waals surface area (Å²) >= 11 is 0. The number of rotatable bonds is 6. The monoisotopic (exact) mass is 444 g/mol. The van der Waals surface area contributed by atoms with E-state index in [2.05, 4.69) is 5.32 Å². The van der Waals surface area contributed by atoms with Gasteiger partial charge in [-0.3, -0.25) is 9.59 Å². The van der Waals surface area contributed by atoms with Crippen molar-refractivity contribution >= 4 is 45.1 Å². The molecular formula is C26H24N2O5. The molecule has 0 radical (unpaired) electrons. The average molecular weight is 444 g/mol. The van der Waals surface area contributed by atoms with Crippen molar-refractivity contribution in [2.75, 3.05) is 30.5 Å². The lowest BCUT2D eigenvalue weighted by atomic mass is 10.1. The van der Waals surface area contributed by atoms with Crippen LogP contribution >= 0.6 is 0 Å². The molecule has 0 spiro atoms. The summed E-state index contributed by atoms with van der Waals surface area (Å²) in [7, 11) is 1.56. The third-order valence-electron chi connectivity index (χ3n) is 5.91. The molecule has 5 rings (SSSR count). The van der Waals surface area contributed by atoms with Crippen molar-refractivity contribution < 1.29 is 23.5 Å². The van der Waals surface area contributed by atoms with Gasteiger partial charge in [-0.2, -0.15) is 0 Å². The number of fused-ring (bicyclic) bond motifs is 3. The molecule has 1 aromatic heterocycles. The van der Waals surface area contributed by atoms with Gasteiger partial charge in [0.05, 0.1) is 31.0 Å². The van der Waals surface area contributed by atoms with Crippen molar-refractivity contribution in [2.45, 2.75) is 13.3 Å². The Hall–Kier alpha value is -4.00. The predicted octanol–water partition coefficient (Wildman–Crippen LogP) is 4.98. The molecule has 1 atom stereocenters. The lowest BCUT2D eigenvalue weighted by molar-refractivity contribution is -0.122. The van der Waals surface area contributed by atoms with Crippen molar-refractivity contribution in [2.24, 2.45) is 5.92 Å². The van der Waals surface area contributed by atoms with Crippen LogP contribution in [-0.2, 0) is 9.59 Å². The molecule has 3 aromatic carbocycles. The van der Waals surface area contributed by atoms with Crippen LogP contribution in [0.3, 0.4) is 0 Å². The van der Waals surface area contributed by atoms with E-state index in [1.165, 1.54) is 0 Å². The first-order chi connectivity index (χ1) is 16.1. The van der Waals surface area contributed by atoms with Crippen LogP contribution in [0, 0.1) is 5.92 Å². The fourth-order valence-electron chi connectivity index (χ4n) is 4.33. The Bertz CT molecular complexity index is 1360. The van der Waals surface area contributed by atoms with Gasteiger partial charge in [-0.05, 0) is 31.2 Å². The molecule has 0 saturated carbocycles. The number of benzene rings is 3. The maximum absolute atomic E-state index is 13.1. The minimum atomic E-state index is -0.497. The molecule has 1 saturated heterocycles. The van der Waals surface area contributed by atoms with Crippen LogP contribution < -0.4 is 19.7 Å². The van der Waals surface area contributed by atoms with Gasteiger partial charge >= 0.3 is 0 Å². The second kappa shape index (κ2) is 8.50. The summed E-state index contributed by atoms with van der Waals surface area (Å²) in [6.45, 7) is 2.67. The number of anilines is 2. The Balaban J connectivity index is 1.40. The van der Waals surface area contributed by atoms with E-state index in [-0.39, 0.29) is 24.8 Å². The molecule has 0 bridgehead atoms. The molecule has 2 amide bonds. The predicted molar refractivity (Wildman–Crippen MR) is 127 cm³/mol. The zero-order chi connectivity index (χ0) is 22.9. The number of hydrogen-bond acceptors (Lipinski definition) is 5. The molecule has 7 nitrogen and oxygen atoms in total. The summed E-state index contributed by atoms with van der Waals surface area (Å²) in [5, 5.41) is 4.83. The minimum Gasteiger partial charge on any atom is -0.495 e. The van der Waals surface area contributed by atoms with Crippen LogP contribution in [-0.4, -0.2) is 32.1 Å². The normalized spacial score (nSPS) is 15.9. The fraction of sp³-hybridized carbons (Fsp3) is 0.231. The van der Waals surface area contributed by atoms with Crippen molar-refractivity contribution in [3.8, 4) is 11.5 Å². The number of furan rings is 1. The minimum absolute atomic E-state index is 0.109. The van der Waals surface area contributed by atoms with Crippen LogP contribution in [0.1, 0.15) is 13.3 Å². The Labute approximate surface area is 190 Å². The van der Waals surface area contributed by atoms with Crippen molar-refractivity contribution in [3.63, 3.8) is 0 Å². The number of nitrogens with one attached hydrogen (secondary N) is 1. The number of methoxy groups -OCH3 is 1. The first-order valence-electron chi connectivity index (χ1n) is 10.9. The van der Waals surface area contributed by atoms with Crippen LogP contribution in [0.15, 0.2) is 65.1 Å². The number of ether oxygens (including phenoxy) is 2. The smallest absolute Gasteiger partial charge is 0.229 e. The highest BCUT2D eigenvalue weighted by Crippen LogP contribution is 2.37. The van der Waals surface area contributed by atoms with E-state index in [0.717, 1.165) is 16.4 Å². The maximum atomic E-state index is 13.1. The van der Waals surface area contributed by atoms with E-state index in [1.54, 1.807) is 18.1 Å². The summed E-state index contributed by atoms with van der Waals surface area (Å²) in [5.41, 5.74) is 2.61. The number of carbonyl (C=O) groups is 2. The van der Waals surface area contributed by atoms with Gasteiger partial charge in [-0.25, -0.2) is 0 Å². The van der Waals surface area contributed by atoms with E-state index < -0.39 is 5.92 Å². The van der Waals surface area contributed by atoms with Gasteiger partial charge in [0.1, 0.15) is 22.7 Å². The molecule has 1 fully saturated rings. The van der Waals surface area contributed by atoms with Crippen LogP contribution in [0.5, 0.6) is 11.5 Å². The van der Waals surface area contributed by atoms with Gasteiger partial charge in [0.2, 0.25) is 11.8 Å². The largest absolute Gasteiger partial charge is 0.495 e. The van der Waals surface area contributed by atoms with Crippen LogP contribution in [0.25, 0.3) is 21.9 Å². The zero-order valence-corrected chi connectivity index (χ0v) is 18.5. The lowest BCUT2D eigenvalue weighted by Crippen LogP contribution is -2.28. The summed E-state index contributed by atoms with van der Waals surface area (Å²) in [5.74, 6) is 0.315.